The van der Waals surface area contributed by atoms with E-state index in [4.69, 9.17) is 20.3 Å². The lowest BCUT2D eigenvalue weighted by atomic mass is 10.2. The first kappa shape index (κ1) is 24.3. The SMILES string of the molecule is Nc1nc(OCCc2ccccc2)nc2c1ncn2CCCCOP(=O)(O)OP(=O)(O)O. The van der Waals surface area contributed by atoms with E-state index in [0.29, 0.717) is 43.6 Å². The Labute approximate surface area is 183 Å². The lowest BCUT2D eigenvalue weighted by molar-refractivity contribution is 0.175. The van der Waals surface area contributed by atoms with Crippen molar-refractivity contribution in [2.45, 2.75) is 25.8 Å². The molecular weight excluding hydrogens is 464 g/mol. The quantitative estimate of drug-likeness (QED) is 0.215. The molecule has 15 heteroatoms. The van der Waals surface area contributed by atoms with Crippen LogP contribution in [0.4, 0.5) is 5.82 Å². The number of benzene rings is 1. The van der Waals surface area contributed by atoms with E-state index >= 15 is 0 Å². The van der Waals surface area contributed by atoms with Crippen molar-refractivity contribution in [2.24, 2.45) is 0 Å². The van der Waals surface area contributed by atoms with Crippen molar-refractivity contribution in [2.75, 3.05) is 18.9 Å². The maximum Gasteiger partial charge on any atom is 0.481 e. The van der Waals surface area contributed by atoms with Crippen LogP contribution in [0.5, 0.6) is 6.01 Å². The molecule has 3 aromatic rings. The second-order valence-electron chi connectivity index (χ2n) is 6.67. The van der Waals surface area contributed by atoms with Gasteiger partial charge in [-0.25, -0.2) is 14.1 Å². The third-order valence-corrected chi connectivity index (χ3v) is 6.38. The number of aryl methyl sites for hydroxylation is 1. The van der Waals surface area contributed by atoms with Gasteiger partial charge in [0.05, 0.1) is 19.5 Å². The summed E-state index contributed by atoms with van der Waals surface area (Å²) in [7, 11) is -9.97. The number of imidazole rings is 1. The molecule has 0 amide bonds. The highest BCUT2D eigenvalue weighted by molar-refractivity contribution is 7.60. The molecule has 0 spiro atoms. The second kappa shape index (κ2) is 10.5. The van der Waals surface area contributed by atoms with E-state index in [0.717, 1.165) is 5.56 Å². The zero-order valence-corrected chi connectivity index (χ0v) is 18.6. The number of ether oxygens (including phenoxy) is 1. The zero-order valence-electron chi connectivity index (χ0n) is 16.9. The van der Waals surface area contributed by atoms with E-state index < -0.39 is 15.6 Å². The molecular formula is C17H23N5O8P2. The van der Waals surface area contributed by atoms with E-state index in [1.165, 1.54) is 6.33 Å². The lowest BCUT2D eigenvalue weighted by Crippen LogP contribution is -2.07. The van der Waals surface area contributed by atoms with Crippen LogP contribution in [0.2, 0.25) is 0 Å². The normalized spacial score (nSPS) is 13.8. The molecule has 32 heavy (non-hydrogen) atoms. The Bertz CT molecular complexity index is 1140. The summed E-state index contributed by atoms with van der Waals surface area (Å²) in [6.45, 7) is 0.554. The minimum absolute atomic E-state index is 0.131. The molecule has 0 aliphatic rings. The fourth-order valence-electron chi connectivity index (χ4n) is 2.80. The van der Waals surface area contributed by atoms with Gasteiger partial charge in [0.2, 0.25) is 0 Å². The molecule has 0 saturated heterocycles. The summed E-state index contributed by atoms with van der Waals surface area (Å²) < 4.78 is 37.7. The number of hydrogen-bond donors (Lipinski definition) is 4. The molecule has 2 aromatic heterocycles. The fraction of sp³-hybridized carbons (Fsp3) is 0.353. The fourth-order valence-corrected chi connectivity index (χ4v) is 4.42. The van der Waals surface area contributed by atoms with Gasteiger partial charge in [-0.05, 0) is 18.4 Å². The molecule has 1 unspecified atom stereocenters. The van der Waals surface area contributed by atoms with Gasteiger partial charge in [0.15, 0.2) is 11.5 Å². The van der Waals surface area contributed by atoms with Crippen molar-refractivity contribution >= 4 is 32.6 Å². The number of unbranched alkanes of at least 4 members (excludes halogenated alkanes) is 1. The number of hydrogen-bond acceptors (Lipinski definition) is 9. The van der Waals surface area contributed by atoms with Crippen molar-refractivity contribution in [1.82, 2.24) is 19.5 Å². The summed E-state index contributed by atoms with van der Waals surface area (Å²) >= 11 is 0. The van der Waals surface area contributed by atoms with Gasteiger partial charge in [0.1, 0.15) is 5.52 Å². The van der Waals surface area contributed by atoms with E-state index in [-0.39, 0.29) is 18.4 Å². The molecule has 13 nitrogen and oxygen atoms in total. The number of rotatable bonds is 12. The molecule has 0 aliphatic carbocycles. The smallest absolute Gasteiger partial charge is 0.463 e. The monoisotopic (exact) mass is 487 g/mol. The first-order chi connectivity index (χ1) is 15.1. The number of nitrogens with zero attached hydrogens (tertiary/aromatic N) is 4. The van der Waals surface area contributed by atoms with Crippen LogP contribution in [-0.2, 0) is 30.9 Å². The molecule has 3 rings (SSSR count). The first-order valence-electron chi connectivity index (χ1n) is 9.52. The number of nitrogens with two attached hydrogens (primary N) is 1. The lowest BCUT2D eigenvalue weighted by Gasteiger charge is -2.12. The minimum Gasteiger partial charge on any atom is -0.463 e. The van der Waals surface area contributed by atoms with Crippen molar-refractivity contribution in [3.8, 4) is 6.01 Å². The topological polar surface area (TPSA) is 192 Å². The summed E-state index contributed by atoms with van der Waals surface area (Å²) in [5, 5.41) is 0. The molecule has 0 fully saturated rings. The third kappa shape index (κ3) is 7.35. The van der Waals surface area contributed by atoms with E-state index in [2.05, 4.69) is 23.8 Å². The van der Waals surface area contributed by atoms with Crippen LogP contribution in [-0.4, -0.2) is 47.4 Å². The molecule has 1 atom stereocenters. The summed E-state index contributed by atoms with van der Waals surface area (Å²) in [5.41, 5.74) is 7.98. The van der Waals surface area contributed by atoms with Gasteiger partial charge in [-0.3, -0.25) is 4.52 Å². The number of fused-ring (bicyclic) bond motifs is 1. The molecule has 2 heterocycles. The average Bonchev–Trinajstić information content (AvgIpc) is 3.10. The Kier molecular flexibility index (Phi) is 7.96. The highest BCUT2D eigenvalue weighted by Gasteiger charge is 2.31. The van der Waals surface area contributed by atoms with Gasteiger partial charge in [-0.1, -0.05) is 30.3 Å². The van der Waals surface area contributed by atoms with Gasteiger partial charge in [-0.2, -0.15) is 14.3 Å². The van der Waals surface area contributed by atoms with Gasteiger partial charge < -0.3 is 29.7 Å². The van der Waals surface area contributed by atoms with Gasteiger partial charge in [-0.15, -0.1) is 0 Å². The highest BCUT2D eigenvalue weighted by Crippen LogP contribution is 2.57. The Hall–Kier alpha value is -2.37. The van der Waals surface area contributed by atoms with E-state index in [1.54, 1.807) is 4.57 Å². The largest absolute Gasteiger partial charge is 0.481 e. The standard InChI is InChI=1S/C17H23N5O8P2/c18-15-14-16(21-17(20-15)28-11-8-13-6-2-1-3-7-13)22(12-19-14)9-4-5-10-29-32(26,27)30-31(23,24)25/h1-3,6-7,12H,4-5,8-11H2,(H,26,27)(H2,18,20,21)(H2,23,24,25). The predicted octanol–water partition coefficient (Wildman–Crippen LogP) is 2.04. The summed E-state index contributed by atoms with van der Waals surface area (Å²) in [4.78, 5) is 39.1. The molecule has 1 aromatic carbocycles. The van der Waals surface area contributed by atoms with Crippen LogP contribution in [0, 0.1) is 0 Å². The Morgan fingerprint density at radius 2 is 1.78 bits per heavy atom. The predicted molar refractivity (Wildman–Crippen MR) is 114 cm³/mol. The van der Waals surface area contributed by atoms with Crippen molar-refractivity contribution in [1.29, 1.82) is 0 Å². The van der Waals surface area contributed by atoms with Gasteiger partial charge in [0, 0.05) is 13.0 Å². The molecule has 0 saturated carbocycles. The Balaban J connectivity index is 1.53. The number of anilines is 1. The highest BCUT2D eigenvalue weighted by atomic mass is 31.3. The summed E-state index contributed by atoms with van der Waals surface area (Å²) in [6.07, 6.45) is 3.01. The average molecular weight is 487 g/mol. The van der Waals surface area contributed by atoms with Crippen LogP contribution in [0.1, 0.15) is 18.4 Å². The van der Waals surface area contributed by atoms with Gasteiger partial charge in [0.25, 0.3) is 0 Å². The Morgan fingerprint density at radius 3 is 2.50 bits per heavy atom. The summed E-state index contributed by atoms with van der Waals surface area (Å²) in [5.74, 6) is 0.183. The van der Waals surface area contributed by atoms with Crippen LogP contribution < -0.4 is 10.5 Å². The van der Waals surface area contributed by atoms with Crippen molar-refractivity contribution < 1.29 is 37.4 Å². The number of aromatic nitrogens is 4. The van der Waals surface area contributed by atoms with Crippen LogP contribution >= 0.6 is 15.6 Å². The second-order valence-corrected chi connectivity index (χ2v) is 9.50. The maximum absolute atomic E-state index is 11.4. The van der Waals surface area contributed by atoms with Crippen LogP contribution in [0.25, 0.3) is 11.2 Å². The minimum atomic E-state index is -5.13. The first-order valence-corrected chi connectivity index (χ1v) is 12.5. The van der Waals surface area contributed by atoms with Crippen molar-refractivity contribution in [3.05, 3.63) is 42.2 Å². The molecule has 0 aliphatic heterocycles. The van der Waals surface area contributed by atoms with Crippen LogP contribution in [0.15, 0.2) is 36.7 Å². The maximum atomic E-state index is 11.4. The molecule has 5 N–H and O–H groups in total. The molecule has 0 bridgehead atoms. The number of nitrogen functional groups attached to an aromatic ring is 1. The molecule has 0 radical (unpaired) electrons. The van der Waals surface area contributed by atoms with Gasteiger partial charge >= 0.3 is 21.7 Å². The number of phosphoric acid groups is 2. The third-order valence-electron chi connectivity index (χ3n) is 4.19. The zero-order chi connectivity index (χ0) is 23.2. The molecule has 174 valence electrons. The van der Waals surface area contributed by atoms with Crippen LogP contribution in [0.3, 0.4) is 0 Å². The van der Waals surface area contributed by atoms with E-state index in [1.807, 2.05) is 30.3 Å². The Morgan fingerprint density at radius 1 is 1.03 bits per heavy atom. The number of phosphoric ester groups is 1. The summed E-state index contributed by atoms with van der Waals surface area (Å²) in [6, 6.07) is 9.95. The van der Waals surface area contributed by atoms with Crippen molar-refractivity contribution in [3.63, 3.8) is 0 Å². The van der Waals surface area contributed by atoms with E-state index in [9.17, 15) is 14.0 Å².